The van der Waals surface area contributed by atoms with Crippen molar-refractivity contribution in [1.82, 2.24) is 9.97 Å². The number of nitrogens with two attached hydrogens (primary N) is 1. The molecule has 0 aromatic carbocycles. The highest BCUT2D eigenvalue weighted by atomic mass is 32.1. The van der Waals surface area contributed by atoms with Crippen molar-refractivity contribution in [1.29, 1.82) is 0 Å². The molecule has 3 heterocycles. The second-order valence-corrected chi connectivity index (χ2v) is 5.08. The van der Waals surface area contributed by atoms with Gasteiger partial charge < -0.3 is 10.2 Å². The average Bonchev–Trinajstić information content (AvgIpc) is 2.88. The lowest BCUT2D eigenvalue weighted by Gasteiger charge is -2.00. The van der Waals surface area contributed by atoms with Crippen LogP contribution >= 0.6 is 11.3 Å². The number of fused-ring (bicyclic) bond motifs is 1. The summed E-state index contributed by atoms with van der Waals surface area (Å²) in [5.41, 5.74) is 7.15. The topological polar surface area (TPSA) is 64.9 Å². The van der Waals surface area contributed by atoms with E-state index in [0.717, 1.165) is 15.8 Å². The Labute approximate surface area is 102 Å². The number of nitrogens with zero attached hydrogens (tertiary/aromatic N) is 2. The summed E-state index contributed by atoms with van der Waals surface area (Å²) in [6.45, 7) is 4.11. The Bertz CT molecular complexity index is 685. The Morgan fingerprint density at radius 3 is 2.82 bits per heavy atom. The Morgan fingerprint density at radius 2 is 2.12 bits per heavy atom. The van der Waals surface area contributed by atoms with Crippen molar-refractivity contribution in [3.05, 3.63) is 28.8 Å². The van der Waals surface area contributed by atoms with Crippen LogP contribution in [0.25, 0.3) is 21.8 Å². The molecule has 0 aliphatic carbocycles. The molecule has 0 atom stereocenters. The van der Waals surface area contributed by atoms with E-state index in [9.17, 15) is 0 Å². The fraction of sp³-hybridized carbons (Fsp3) is 0.167. The van der Waals surface area contributed by atoms with Crippen molar-refractivity contribution in [2.45, 2.75) is 13.8 Å². The van der Waals surface area contributed by atoms with Crippen LogP contribution in [0, 0.1) is 13.8 Å². The van der Waals surface area contributed by atoms with Gasteiger partial charge in [-0.2, -0.15) is 0 Å². The molecule has 0 unspecified atom stereocenters. The van der Waals surface area contributed by atoms with Gasteiger partial charge in [-0.1, -0.05) is 0 Å². The molecule has 4 nitrogen and oxygen atoms in total. The third kappa shape index (κ3) is 1.51. The van der Waals surface area contributed by atoms with Crippen LogP contribution in [-0.2, 0) is 0 Å². The van der Waals surface area contributed by atoms with Crippen LogP contribution in [0.5, 0.6) is 0 Å². The van der Waals surface area contributed by atoms with Gasteiger partial charge in [0, 0.05) is 4.88 Å². The van der Waals surface area contributed by atoms with Gasteiger partial charge in [0.25, 0.3) is 0 Å². The van der Waals surface area contributed by atoms with Gasteiger partial charge in [0.2, 0.25) is 0 Å². The van der Waals surface area contributed by atoms with Crippen LogP contribution in [0.2, 0.25) is 0 Å². The number of hydrogen-bond acceptors (Lipinski definition) is 5. The van der Waals surface area contributed by atoms with Gasteiger partial charge in [-0.25, -0.2) is 9.97 Å². The molecular formula is C12H11N3OS. The molecule has 5 heteroatoms. The van der Waals surface area contributed by atoms with Crippen molar-refractivity contribution < 1.29 is 4.42 Å². The van der Waals surface area contributed by atoms with Crippen LogP contribution in [0.3, 0.4) is 0 Å². The second-order valence-electron chi connectivity index (χ2n) is 3.87. The van der Waals surface area contributed by atoms with Crippen molar-refractivity contribution in [3.8, 4) is 11.6 Å². The van der Waals surface area contributed by atoms with E-state index >= 15 is 0 Å². The van der Waals surface area contributed by atoms with E-state index in [1.54, 1.807) is 17.6 Å². The third-order valence-corrected chi connectivity index (χ3v) is 3.90. The van der Waals surface area contributed by atoms with Crippen LogP contribution in [-0.4, -0.2) is 9.97 Å². The van der Waals surface area contributed by atoms with E-state index in [-0.39, 0.29) is 0 Å². The fourth-order valence-corrected chi connectivity index (χ4v) is 2.83. The number of furan rings is 1. The lowest BCUT2D eigenvalue weighted by molar-refractivity contribution is 0.578. The van der Waals surface area contributed by atoms with Crippen molar-refractivity contribution >= 4 is 27.4 Å². The smallest absolute Gasteiger partial charge is 0.199 e. The number of hydrogen-bond donors (Lipinski definition) is 1. The number of thiophene rings is 1. The van der Waals surface area contributed by atoms with Crippen molar-refractivity contribution in [2.24, 2.45) is 0 Å². The first-order valence-corrected chi connectivity index (χ1v) is 6.05. The molecular weight excluding hydrogens is 234 g/mol. The molecule has 17 heavy (non-hydrogen) atoms. The molecule has 3 aromatic rings. The predicted molar refractivity (Wildman–Crippen MR) is 69.0 cm³/mol. The molecule has 0 amide bonds. The van der Waals surface area contributed by atoms with E-state index in [1.807, 2.05) is 19.1 Å². The summed E-state index contributed by atoms with van der Waals surface area (Å²) in [6, 6.07) is 3.64. The van der Waals surface area contributed by atoms with Crippen molar-refractivity contribution in [3.63, 3.8) is 0 Å². The molecule has 0 saturated carbocycles. The van der Waals surface area contributed by atoms with Crippen LogP contribution in [0.4, 0.5) is 5.82 Å². The molecule has 0 aliphatic heterocycles. The highest BCUT2D eigenvalue weighted by Crippen LogP contribution is 2.33. The van der Waals surface area contributed by atoms with Gasteiger partial charge in [0.05, 0.1) is 11.6 Å². The zero-order chi connectivity index (χ0) is 12.0. The number of rotatable bonds is 1. The molecule has 0 saturated heterocycles. The maximum absolute atomic E-state index is 5.99. The predicted octanol–water partition coefficient (Wildman–Crippen LogP) is 3.15. The zero-order valence-electron chi connectivity index (χ0n) is 9.52. The maximum atomic E-state index is 5.99. The first-order valence-electron chi connectivity index (χ1n) is 5.24. The van der Waals surface area contributed by atoms with E-state index in [0.29, 0.717) is 17.4 Å². The first kappa shape index (κ1) is 10.3. The lowest BCUT2D eigenvalue weighted by atomic mass is 10.2. The van der Waals surface area contributed by atoms with Gasteiger partial charge in [-0.05, 0) is 31.5 Å². The quantitative estimate of drug-likeness (QED) is 0.715. The molecule has 0 spiro atoms. The Balaban J connectivity index is 2.32. The lowest BCUT2D eigenvalue weighted by Crippen LogP contribution is -1.96. The third-order valence-electron chi connectivity index (χ3n) is 2.80. The maximum Gasteiger partial charge on any atom is 0.199 e. The molecule has 0 radical (unpaired) electrons. The summed E-state index contributed by atoms with van der Waals surface area (Å²) in [7, 11) is 0. The molecule has 3 aromatic heterocycles. The molecule has 0 fully saturated rings. The highest BCUT2D eigenvalue weighted by molar-refractivity contribution is 7.18. The first-order chi connectivity index (χ1) is 8.16. The molecule has 3 rings (SSSR count). The summed E-state index contributed by atoms with van der Waals surface area (Å²) in [4.78, 5) is 10.9. The van der Waals surface area contributed by atoms with Gasteiger partial charge in [0.1, 0.15) is 10.6 Å². The number of aryl methyl sites for hydroxylation is 2. The zero-order valence-corrected chi connectivity index (χ0v) is 10.3. The van der Waals surface area contributed by atoms with Gasteiger partial charge in [-0.3, -0.25) is 0 Å². The number of nitrogen functional groups attached to an aromatic ring is 1. The molecule has 2 N–H and O–H groups in total. The highest BCUT2D eigenvalue weighted by Gasteiger charge is 2.14. The van der Waals surface area contributed by atoms with E-state index in [2.05, 4.69) is 16.9 Å². The van der Waals surface area contributed by atoms with Gasteiger partial charge in [0.15, 0.2) is 11.6 Å². The Morgan fingerprint density at radius 1 is 1.29 bits per heavy atom. The Hall–Kier alpha value is -1.88. The fourth-order valence-electron chi connectivity index (χ4n) is 1.80. The Kier molecular flexibility index (Phi) is 2.16. The number of anilines is 1. The summed E-state index contributed by atoms with van der Waals surface area (Å²) in [5.74, 6) is 1.70. The minimum absolute atomic E-state index is 0.517. The monoisotopic (exact) mass is 245 g/mol. The molecule has 0 aliphatic rings. The summed E-state index contributed by atoms with van der Waals surface area (Å²) >= 11 is 1.63. The summed E-state index contributed by atoms with van der Waals surface area (Å²) in [6.07, 6.45) is 1.60. The van der Waals surface area contributed by atoms with E-state index in [1.165, 1.54) is 4.88 Å². The van der Waals surface area contributed by atoms with Crippen LogP contribution in [0.15, 0.2) is 22.8 Å². The van der Waals surface area contributed by atoms with Crippen LogP contribution in [0.1, 0.15) is 10.4 Å². The molecule has 86 valence electrons. The largest absolute Gasteiger partial charge is 0.461 e. The average molecular weight is 245 g/mol. The van der Waals surface area contributed by atoms with Crippen molar-refractivity contribution in [2.75, 3.05) is 5.73 Å². The SMILES string of the molecule is Cc1sc2nc(-c3ccco3)nc(N)c2c1C. The minimum atomic E-state index is 0.517. The summed E-state index contributed by atoms with van der Waals surface area (Å²) in [5, 5.41) is 0.961. The van der Waals surface area contributed by atoms with Gasteiger partial charge >= 0.3 is 0 Å². The van der Waals surface area contributed by atoms with E-state index in [4.69, 9.17) is 10.2 Å². The standard InChI is InChI=1S/C12H11N3OS/c1-6-7(2)17-12-9(6)10(13)14-11(15-12)8-4-3-5-16-8/h3-5H,1-2H3,(H2,13,14,15). The van der Waals surface area contributed by atoms with Crippen LogP contribution < -0.4 is 5.73 Å². The van der Waals surface area contributed by atoms with Gasteiger partial charge in [-0.15, -0.1) is 11.3 Å². The minimum Gasteiger partial charge on any atom is -0.461 e. The summed E-state index contributed by atoms with van der Waals surface area (Å²) < 4.78 is 5.28. The van der Waals surface area contributed by atoms with E-state index < -0.39 is 0 Å². The molecule has 0 bridgehead atoms. The number of aromatic nitrogens is 2. The normalized spacial score (nSPS) is 11.2. The second kappa shape index (κ2) is 3.56.